The lowest BCUT2D eigenvalue weighted by molar-refractivity contribution is -0.118. The van der Waals surface area contributed by atoms with E-state index in [-0.39, 0.29) is 17.8 Å². The largest absolute Gasteiger partial charge is 0.376 e. The molecule has 0 aliphatic carbocycles. The van der Waals surface area contributed by atoms with E-state index in [1.807, 2.05) is 16.7 Å². The number of amides is 1. The first kappa shape index (κ1) is 17.6. The standard InChI is InChI=1S/C17H21N5O2S/c1-2-7-19-15(23)12-25-17-21-20-16(13-5-8-18-9-6-13)22(17)11-14-4-3-10-24-14/h2,5-6,8-9,14H,1,3-4,7,10-12H2,(H,19,23). The van der Waals surface area contributed by atoms with Crippen molar-refractivity contribution in [3.05, 3.63) is 37.2 Å². The van der Waals surface area contributed by atoms with E-state index in [9.17, 15) is 4.79 Å². The number of hydrogen-bond donors (Lipinski definition) is 1. The first-order valence-electron chi connectivity index (χ1n) is 8.23. The molecule has 1 aliphatic rings. The van der Waals surface area contributed by atoms with Gasteiger partial charge in [-0.15, -0.1) is 16.8 Å². The molecule has 1 N–H and O–H groups in total. The van der Waals surface area contributed by atoms with Gasteiger partial charge in [0.1, 0.15) is 0 Å². The van der Waals surface area contributed by atoms with E-state index in [2.05, 4.69) is 27.1 Å². The van der Waals surface area contributed by atoms with Gasteiger partial charge < -0.3 is 10.1 Å². The average molecular weight is 359 g/mol. The number of carbonyl (C=O) groups excluding carboxylic acids is 1. The predicted octanol–water partition coefficient (Wildman–Crippen LogP) is 1.91. The number of nitrogens with one attached hydrogen (secondary N) is 1. The molecule has 1 aliphatic heterocycles. The van der Waals surface area contributed by atoms with E-state index in [0.29, 0.717) is 13.1 Å². The topological polar surface area (TPSA) is 81.9 Å². The van der Waals surface area contributed by atoms with Crippen LogP contribution in [-0.2, 0) is 16.1 Å². The van der Waals surface area contributed by atoms with Gasteiger partial charge in [-0.2, -0.15) is 0 Å². The van der Waals surface area contributed by atoms with Gasteiger partial charge in [0, 0.05) is 31.1 Å². The fraction of sp³-hybridized carbons (Fsp3) is 0.412. The number of rotatable bonds is 8. The van der Waals surface area contributed by atoms with Crippen LogP contribution < -0.4 is 5.32 Å². The molecule has 3 rings (SSSR count). The zero-order chi connectivity index (χ0) is 17.5. The molecular weight excluding hydrogens is 338 g/mol. The van der Waals surface area contributed by atoms with Gasteiger partial charge in [-0.05, 0) is 25.0 Å². The molecule has 0 spiro atoms. The maximum absolute atomic E-state index is 11.8. The molecule has 1 saturated heterocycles. The van der Waals surface area contributed by atoms with Crippen molar-refractivity contribution in [1.29, 1.82) is 0 Å². The van der Waals surface area contributed by atoms with Crippen LogP contribution in [0.2, 0.25) is 0 Å². The average Bonchev–Trinajstić information content (AvgIpc) is 3.29. The van der Waals surface area contributed by atoms with Crippen LogP contribution in [0.4, 0.5) is 0 Å². The molecule has 25 heavy (non-hydrogen) atoms. The maximum Gasteiger partial charge on any atom is 0.230 e. The lowest BCUT2D eigenvalue weighted by atomic mass is 10.2. The summed E-state index contributed by atoms with van der Waals surface area (Å²) in [7, 11) is 0. The molecule has 1 unspecified atom stereocenters. The quantitative estimate of drug-likeness (QED) is 0.573. The van der Waals surface area contributed by atoms with E-state index in [1.165, 1.54) is 11.8 Å². The van der Waals surface area contributed by atoms with Gasteiger partial charge in [0.2, 0.25) is 5.91 Å². The van der Waals surface area contributed by atoms with Gasteiger partial charge in [-0.25, -0.2) is 0 Å². The molecule has 2 aromatic rings. The van der Waals surface area contributed by atoms with Crippen molar-refractivity contribution in [2.24, 2.45) is 0 Å². The van der Waals surface area contributed by atoms with Gasteiger partial charge in [0.15, 0.2) is 11.0 Å². The summed E-state index contributed by atoms with van der Waals surface area (Å²) in [6.45, 7) is 5.53. The minimum atomic E-state index is -0.0537. The highest BCUT2D eigenvalue weighted by atomic mass is 32.2. The third-order valence-electron chi connectivity index (χ3n) is 3.84. The Morgan fingerprint density at radius 3 is 3.00 bits per heavy atom. The van der Waals surface area contributed by atoms with Crippen molar-refractivity contribution >= 4 is 17.7 Å². The zero-order valence-corrected chi connectivity index (χ0v) is 14.7. The Bertz CT molecular complexity index is 713. The minimum Gasteiger partial charge on any atom is -0.376 e. The van der Waals surface area contributed by atoms with Gasteiger partial charge in [0.25, 0.3) is 0 Å². The summed E-state index contributed by atoms with van der Waals surface area (Å²) in [5, 5.41) is 12.1. The maximum atomic E-state index is 11.8. The van der Waals surface area contributed by atoms with Crippen LogP contribution in [0.15, 0.2) is 42.3 Å². The molecule has 7 nitrogen and oxygen atoms in total. The van der Waals surface area contributed by atoms with E-state index < -0.39 is 0 Å². The molecule has 0 saturated carbocycles. The molecule has 2 aromatic heterocycles. The highest BCUT2D eigenvalue weighted by Gasteiger charge is 2.22. The number of thioether (sulfide) groups is 1. The molecule has 0 aromatic carbocycles. The number of aromatic nitrogens is 4. The molecule has 3 heterocycles. The molecule has 0 bridgehead atoms. The van der Waals surface area contributed by atoms with Gasteiger partial charge in [-0.3, -0.25) is 14.3 Å². The lowest BCUT2D eigenvalue weighted by Gasteiger charge is -2.14. The van der Waals surface area contributed by atoms with Crippen molar-refractivity contribution in [3.8, 4) is 11.4 Å². The predicted molar refractivity (Wildman–Crippen MR) is 96.2 cm³/mol. The Hall–Kier alpha value is -2.19. The van der Waals surface area contributed by atoms with Crippen LogP contribution in [0.25, 0.3) is 11.4 Å². The third kappa shape index (κ3) is 4.67. The normalized spacial score (nSPS) is 16.7. The molecule has 132 valence electrons. The number of pyridine rings is 1. The SMILES string of the molecule is C=CCNC(=O)CSc1nnc(-c2ccncc2)n1CC1CCCO1. The van der Waals surface area contributed by atoms with Crippen LogP contribution in [0.5, 0.6) is 0 Å². The van der Waals surface area contributed by atoms with Crippen LogP contribution in [0.1, 0.15) is 12.8 Å². The Balaban J connectivity index is 1.78. The number of carbonyl (C=O) groups is 1. The smallest absolute Gasteiger partial charge is 0.230 e. The summed E-state index contributed by atoms with van der Waals surface area (Å²) < 4.78 is 7.80. The summed E-state index contributed by atoms with van der Waals surface area (Å²) in [4.78, 5) is 15.9. The van der Waals surface area contributed by atoms with Crippen molar-refractivity contribution in [3.63, 3.8) is 0 Å². The van der Waals surface area contributed by atoms with Crippen LogP contribution in [0.3, 0.4) is 0 Å². The fourth-order valence-electron chi connectivity index (χ4n) is 2.63. The Labute approximate surface area is 150 Å². The summed E-state index contributed by atoms with van der Waals surface area (Å²) in [5.74, 6) is 1.00. The lowest BCUT2D eigenvalue weighted by Crippen LogP contribution is -2.25. The Morgan fingerprint density at radius 2 is 2.28 bits per heavy atom. The van der Waals surface area contributed by atoms with E-state index in [4.69, 9.17) is 4.74 Å². The van der Waals surface area contributed by atoms with Crippen molar-refractivity contribution in [2.45, 2.75) is 30.6 Å². The van der Waals surface area contributed by atoms with E-state index >= 15 is 0 Å². The second-order valence-electron chi connectivity index (χ2n) is 5.67. The molecule has 1 atom stereocenters. The Morgan fingerprint density at radius 1 is 1.44 bits per heavy atom. The first-order chi connectivity index (χ1) is 12.3. The molecule has 8 heteroatoms. The number of hydrogen-bond acceptors (Lipinski definition) is 6. The summed E-state index contributed by atoms with van der Waals surface area (Å²) in [6, 6.07) is 3.81. The van der Waals surface area contributed by atoms with E-state index in [1.54, 1.807) is 18.5 Å². The molecule has 1 fully saturated rings. The third-order valence-corrected chi connectivity index (χ3v) is 4.81. The summed E-state index contributed by atoms with van der Waals surface area (Å²) in [6.07, 6.45) is 7.38. The summed E-state index contributed by atoms with van der Waals surface area (Å²) >= 11 is 1.38. The second kappa shape index (κ2) is 8.77. The molecule has 1 amide bonds. The van der Waals surface area contributed by atoms with Crippen LogP contribution in [0, 0.1) is 0 Å². The van der Waals surface area contributed by atoms with Crippen LogP contribution in [-0.4, -0.2) is 50.7 Å². The summed E-state index contributed by atoms with van der Waals surface area (Å²) in [5.41, 5.74) is 0.948. The van der Waals surface area contributed by atoms with Crippen molar-refractivity contribution < 1.29 is 9.53 Å². The van der Waals surface area contributed by atoms with Gasteiger partial charge >= 0.3 is 0 Å². The monoisotopic (exact) mass is 359 g/mol. The highest BCUT2D eigenvalue weighted by Crippen LogP contribution is 2.26. The minimum absolute atomic E-state index is 0.0537. The fourth-order valence-corrected chi connectivity index (χ4v) is 3.41. The van der Waals surface area contributed by atoms with Crippen LogP contribution >= 0.6 is 11.8 Å². The number of nitrogens with zero attached hydrogens (tertiary/aromatic N) is 4. The molecule has 0 radical (unpaired) electrons. The first-order valence-corrected chi connectivity index (χ1v) is 9.22. The van der Waals surface area contributed by atoms with Crippen molar-refractivity contribution in [1.82, 2.24) is 25.1 Å². The van der Waals surface area contributed by atoms with E-state index in [0.717, 1.165) is 36.0 Å². The van der Waals surface area contributed by atoms with Gasteiger partial charge in [-0.1, -0.05) is 17.8 Å². The van der Waals surface area contributed by atoms with Crippen molar-refractivity contribution in [2.75, 3.05) is 18.9 Å². The Kier molecular flexibility index (Phi) is 6.19. The second-order valence-corrected chi connectivity index (χ2v) is 6.61. The number of ether oxygens (including phenoxy) is 1. The highest BCUT2D eigenvalue weighted by molar-refractivity contribution is 7.99. The van der Waals surface area contributed by atoms with Gasteiger partial charge in [0.05, 0.1) is 18.4 Å². The zero-order valence-electron chi connectivity index (χ0n) is 13.9. The molecular formula is C17H21N5O2S.